The lowest BCUT2D eigenvalue weighted by atomic mass is 9.84. The van der Waals surface area contributed by atoms with Gasteiger partial charge in [-0.05, 0) is 43.9 Å². The largest absolute Gasteiger partial charge is 0.387 e. The van der Waals surface area contributed by atoms with Crippen LogP contribution in [0.1, 0.15) is 50.7 Å². The minimum absolute atomic E-state index is 0.0216. The van der Waals surface area contributed by atoms with Gasteiger partial charge in [-0.3, -0.25) is 0 Å². The quantitative estimate of drug-likeness (QED) is 0.866. The van der Waals surface area contributed by atoms with Gasteiger partial charge in [-0.25, -0.2) is 8.78 Å². The molecule has 1 fully saturated rings. The summed E-state index contributed by atoms with van der Waals surface area (Å²) >= 11 is 0. The molecule has 0 spiro atoms. The van der Waals surface area contributed by atoms with E-state index >= 15 is 0 Å². The summed E-state index contributed by atoms with van der Waals surface area (Å²) in [5.74, 6) is -0.472. The zero-order valence-electron chi connectivity index (χ0n) is 11.9. The van der Waals surface area contributed by atoms with E-state index in [0.29, 0.717) is 12.0 Å². The number of hydrogen-bond acceptors (Lipinski definition) is 2. The van der Waals surface area contributed by atoms with Gasteiger partial charge in [0.1, 0.15) is 11.6 Å². The molecule has 0 bridgehead atoms. The Morgan fingerprint density at radius 3 is 2.65 bits per heavy atom. The summed E-state index contributed by atoms with van der Waals surface area (Å²) in [6.45, 7) is 2.35. The highest BCUT2D eigenvalue weighted by molar-refractivity contribution is 5.21. The van der Waals surface area contributed by atoms with Crippen molar-refractivity contribution in [1.82, 2.24) is 5.32 Å². The van der Waals surface area contributed by atoms with Crippen molar-refractivity contribution in [2.75, 3.05) is 6.54 Å². The van der Waals surface area contributed by atoms with Gasteiger partial charge >= 0.3 is 0 Å². The number of nitrogens with one attached hydrogen (secondary N) is 1. The van der Waals surface area contributed by atoms with Gasteiger partial charge in [0.25, 0.3) is 0 Å². The maximum atomic E-state index is 13.5. The summed E-state index contributed by atoms with van der Waals surface area (Å²) in [7, 11) is 0. The van der Waals surface area contributed by atoms with Crippen molar-refractivity contribution in [3.05, 3.63) is 35.4 Å². The smallest absolute Gasteiger partial charge is 0.129 e. The van der Waals surface area contributed by atoms with E-state index < -0.39 is 17.7 Å². The number of benzene rings is 1. The van der Waals surface area contributed by atoms with E-state index in [0.717, 1.165) is 18.2 Å². The van der Waals surface area contributed by atoms with E-state index in [1.54, 1.807) is 0 Å². The molecule has 0 amide bonds. The van der Waals surface area contributed by atoms with Gasteiger partial charge in [0.2, 0.25) is 0 Å². The first kappa shape index (κ1) is 15.4. The molecule has 2 atom stereocenters. The molecule has 112 valence electrons. The van der Waals surface area contributed by atoms with Crippen LogP contribution in [0.25, 0.3) is 0 Å². The van der Waals surface area contributed by atoms with E-state index in [9.17, 15) is 13.9 Å². The Balaban J connectivity index is 1.87. The molecule has 1 saturated carbocycles. The van der Waals surface area contributed by atoms with Crippen LogP contribution in [-0.4, -0.2) is 17.7 Å². The van der Waals surface area contributed by atoms with Gasteiger partial charge in [0, 0.05) is 18.2 Å². The molecule has 1 aromatic rings. The minimum atomic E-state index is -1.02. The first-order valence-electron chi connectivity index (χ1n) is 7.44. The molecule has 0 aromatic heterocycles. The lowest BCUT2D eigenvalue weighted by Gasteiger charge is -2.29. The summed E-state index contributed by atoms with van der Waals surface area (Å²) in [6, 6.07) is 3.47. The topological polar surface area (TPSA) is 32.3 Å². The standard InChI is InChI=1S/C16H23F2NO/c1-11(12-5-3-2-4-6-12)19-10-16(20)14-9-13(17)7-8-15(14)18/h7-9,11-12,16,19-20H,2-6,10H2,1H3. The Bertz CT molecular complexity index is 432. The van der Waals surface area contributed by atoms with Crippen molar-refractivity contribution in [1.29, 1.82) is 0 Å². The van der Waals surface area contributed by atoms with Crippen molar-refractivity contribution in [3.8, 4) is 0 Å². The van der Waals surface area contributed by atoms with Gasteiger partial charge < -0.3 is 10.4 Å². The number of halogens is 2. The van der Waals surface area contributed by atoms with Crippen LogP contribution in [0.3, 0.4) is 0 Å². The van der Waals surface area contributed by atoms with Gasteiger partial charge in [0.15, 0.2) is 0 Å². The first-order chi connectivity index (χ1) is 9.58. The van der Waals surface area contributed by atoms with Crippen LogP contribution in [0, 0.1) is 17.6 Å². The average molecular weight is 283 g/mol. The van der Waals surface area contributed by atoms with Crippen molar-refractivity contribution >= 4 is 0 Å². The zero-order valence-corrected chi connectivity index (χ0v) is 11.9. The van der Waals surface area contributed by atoms with Crippen molar-refractivity contribution in [3.63, 3.8) is 0 Å². The second-order valence-electron chi connectivity index (χ2n) is 5.78. The van der Waals surface area contributed by atoms with Crippen molar-refractivity contribution in [2.24, 2.45) is 5.92 Å². The monoisotopic (exact) mass is 283 g/mol. The predicted octanol–water partition coefficient (Wildman–Crippen LogP) is 3.56. The van der Waals surface area contributed by atoms with Crippen LogP contribution in [0.5, 0.6) is 0 Å². The Labute approximate surface area is 119 Å². The summed E-state index contributed by atoms with van der Waals surface area (Å²) in [5.41, 5.74) is 0.0216. The van der Waals surface area contributed by atoms with Gasteiger partial charge in [-0.15, -0.1) is 0 Å². The molecule has 2 rings (SSSR count). The Morgan fingerprint density at radius 1 is 1.25 bits per heavy atom. The number of hydrogen-bond donors (Lipinski definition) is 2. The minimum Gasteiger partial charge on any atom is -0.387 e. The van der Waals surface area contributed by atoms with Crippen LogP contribution < -0.4 is 5.32 Å². The summed E-state index contributed by atoms with van der Waals surface area (Å²) in [6.07, 6.45) is 5.23. The molecule has 1 aromatic carbocycles. The fraction of sp³-hybridized carbons (Fsp3) is 0.625. The maximum Gasteiger partial charge on any atom is 0.129 e. The molecule has 1 aliphatic rings. The van der Waals surface area contributed by atoms with Crippen LogP contribution in [-0.2, 0) is 0 Å². The Morgan fingerprint density at radius 2 is 1.95 bits per heavy atom. The molecule has 20 heavy (non-hydrogen) atoms. The van der Waals surface area contributed by atoms with E-state index in [1.807, 2.05) is 0 Å². The third-order valence-corrected chi connectivity index (χ3v) is 4.31. The van der Waals surface area contributed by atoms with Crippen LogP contribution in [0.4, 0.5) is 8.78 Å². The fourth-order valence-electron chi connectivity index (χ4n) is 2.98. The van der Waals surface area contributed by atoms with Gasteiger partial charge in [0.05, 0.1) is 6.10 Å². The van der Waals surface area contributed by atoms with Crippen LogP contribution in [0.2, 0.25) is 0 Å². The molecule has 0 radical (unpaired) electrons. The van der Waals surface area contributed by atoms with Crippen molar-refractivity contribution in [2.45, 2.75) is 51.2 Å². The summed E-state index contributed by atoms with van der Waals surface area (Å²) < 4.78 is 26.6. The lowest BCUT2D eigenvalue weighted by Crippen LogP contribution is -2.37. The normalized spacial score (nSPS) is 19.8. The second kappa shape index (κ2) is 7.14. The number of aliphatic hydroxyl groups excluding tert-OH is 1. The molecule has 0 aliphatic heterocycles. The van der Waals surface area contributed by atoms with E-state index in [2.05, 4.69) is 12.2 Å². The number of aliphatic hydroxyl groups is 1. The van der Waals surface area contributed by atoms with Gasteiger partial charge in [-0.2, -0.15) is 0 Å². The van der Waals surface area contributed by atoms with Gasteiger partial charge in [-0.1, -0.05) is 19.3 Å². The summed E-state index contributed by atoms with van der Waals surface area (Å²) in [4.78, 5) is 0. The third kappa shape index (κ3) is 4.00. The average Bonchev–Trinajstić information content (AvgIpc) is 2.47. The van der Waals surface area contributed by atoms with E-state index in [4.69, 9.17) is 0 Å². The maximum absolute atomic E-state index is 13.5. The highest BCUT2D eigenvalue weighted by Crippen LogP contribution is 2.26. The first-order valence-corrected chi connectivity index (χ1v) is 7.44. The van der Waals surface area contributed by atoms with Crippen LogP contribution >= 0.6 is 0 Å². The number of rotatable bonds is 5. The molecule has 1 aliphatic carbocycles. The SMILES string of the molecule is CC(NCC(O)c1cc(F)ccc1F)C1CCCCC1. The van der Waals surface area contributed by atoms with E-state index in [1.165, 1.54) is 32.1 Å². The molecular formula is C16H23F2NO. The van der Waals surface area contributed by atoms with Crippen LogP contribution in [0.15, 0.2) is 18.2 Å². The molecule has 2 N–H and O–H groups in total. The molecule has 2 nitrogen and oxygen atoms in total. The highest BCUT2D eigenvalue weighted by atomic mass is 19.1. The molecule has 0 saturated heterocycles. The molecular weight excluding hydrogens is 260 g/mol. The Hall–Kier alpha value is -1.00. The lowest BCUT2D eigenvalue weighted by molar-refractivity contribution is 0.156. The van der Waals surface area contributed by atoms with E-state index in [-0.39, 0.29) is 12.1 Å². The molecule has 4 heteroatoms. The molecule has 0 heterocycles. The third-order valence-electron chi connectivity index (χ3n) is 4.31. The predicted molar refractivity (Wildman–Crippen MR) is 75.4 cm³/mol. The fourth-order valence-corrected chi connectivity index (χ4v) is 2.98. The second-order valence-corrected chi connectivity index (χ2v) is 5.78. The van der Waals surface area contributed by atoms with Crippen molar-refractivity contribution < 1.29 is 13.9 Å². The zero-order chi connectivity index (χ0) is 14.5. The summed E-state index contributed by atoms with van der Waals surface area (Å²) in [5, 5.41) is 13.3. The molecule has 2 unspecified atom stereocenters. The highest BCUT2D eigenvalue weighted by Gasteiger charge is 2.21. The Kier molecular flexibility index (Phi) is 5.49.